The molecule has 0 fully saturated rings. The van der Waals surface area contributed by atoms with E-state index in [1.54, 1.807) is 0 Å². The number of benzene rings is 2. The van der Waals surface area contributed by atoms with Crippen LogP contribution in [-0.4, -0.2) is 22.2 Å². The second-order valence-corrected chi connectivity index (χ2v) is 8.37. The van der Waals surface area contributed by atoms with Gasteiger partial charge in [-0.05, 0) is 84.9 Å². The Morgan fingerprint density at radius 2 is 1.93 bits per heavy atom. The largest absolute Gasteiger partial charge is 0.489 e. The molecule has 3 rings (SSSR count). The van der Waals surface area contributed by atoms with E-state index in [4.69, 9.17) is 4.74 Å². The van der Waals surface area contributed by atoms with Gasteiger partial charge in [-0.25, -0.2) is 0 Å². The normalized spacial score (nSPS) is 10.8. The minimum absolute atomic E-state index is 0.0712. The van der Waals surface area contributed by atoms with E-state index in [0.29, 0.717) is 18.7 Å². The van der Waals surface area contributed by atoms with Crippen molar-refractivity contribution in [3.63, 3.8) is 0 Å². The molecule has 2 aromatic carbocycles. The van der Waals surface area contributed by atoms with E-state index in [1.165, 1.54) is 0 Å². The molecule has 0 radical (unpaired) electrons. The fraction of sp³-hybridized carbons (Fsp3) is 0.333. The lowest BCUT2D eigenvalue weighted by Gasteiger charge is -2.11. The van der Waals surface area contributed by atoms with Gasteiger partial charge in [-0.1, -0.05) is 24.3 Å². The summed E-state index contributed by atoms with van der Waals surface area (Å²) in [7, 11) is 0. The van der Waals surface area contributed by atoms with Crippen LogP contribution in [0.3, 0.4) is 0 Å². The number of carbonyl (C=O) groups is 1. The van der Waals surface area contributed by atoms with Crippen LogP contribution in [0.15, 0.2) is 46.9 Å². The number of nitrogens with zero attached hydrogens (tertiary/aromatic N) is 2. The van der Waals surface area contributed by atoms with E-state index in [-0.39, 0.29) is 5.91 Å². The van der Waals surface area contributed by atoms with Crippen molar-refractivity contribution in [1.82, 2.24) is 15.1 Å². The molecule has 0 aliphatic carbocycles. The van der Waals surface area contributed by atoms with Gasteiger partial charge in [0.2, 0.25) is 0 Å². The quantitative estimate of drug-likeness (QED) is 0.456. The number of aryl methyl sites for hydroxylation is 4. The molecule has 0 spiro atoms. The zero-order chi connectivity index (χ0) is 21.7. The first-order valence-corrected chi connectivity index (χ1v) is 10.9. The van der Waals surface area contributed by atoms with Gasteiger partial charge < -0.3 is 10.1 Å². The average molecular weight is 470 g/mol. The van der Waals surface area contributed by atoms with Crippen LogP contribution in [0.5, 0.6) is 5.75 Å². The van der Waals surface area contributed by atoms with Gasteiger partial charge >= 0.3 is 0 Å². The van der Waals surface area contributed by atoms with E-state index in [1.807, 2.05) is 62.7 Å². The van der Waals surface area contributed by atoms with Gasteiger partial charge in [0.05, 0.1) is 10.2 Å². The van der Waals surface area contributed by atoms with E-state index in [0.717, 1.165) is 51.3 Å². The van der Waals surface area contributed by atoms with Crippen molar-refractivity contribution in [1.29, 1.82) is 0 Å². The topological polar surface area (TPSA) is 56.1 Å². The summed E-state index contributed by atoms with van der Waals surface area (Å²) < 4.78 is 8.98. The molecule has 0 atom stereocenters. The summed E-state index contributed by atoms with van der Waals surface area (Å²) in [5.41, 5.74) is 5.97. The summed E-state index contributed by atoms with van der Waals surface area (Å²) >= 11 is 3.54. The van der Waals surface area contributed by atoms with Gasteiger partial charge in [0.15, 0.2) is 0 Å². The van der Waals surface area contributed by atoms with Gasteiger partial charge in [-0.15, -0.1) is 0 Å². The molecular formula is C24H28BrN3O2. The molecule has 0 aliphatic rings. The molecule has 1 aromatic heterocycles. The summed E-state index contributed by atoms with van der Waals surface area (Å²) in [6.07, 6.45) is 0.815. The summed E-state index contributed by atoms with van der Waals surface area (Å²) in [5, 5.41) is 7.49. The molecule has 0 saturated carbocycles. The predicted octanol–water partition coefficient (Wildman–Crippen LogP) is 5.28. The third-order valence-corrected chi connectivity index (χ3v) is 6.20. The number of aromatic nitrogens is 2. The van der Waals surface area contributed by atoms with Gasteiger partial charge in [-0.3, -0.25) is 9.48 Å². The van der Waals surface area contributed by atoms with E-state index in [9.17, 15) is 4.79 Å². The Morgan fingerprint density at radius 1 is 1.13 bits per heavy atom. The molecule has 1 heterocycles. The minimum atomic E-state index is -0.0712. The highest BCUT2D eigenvalue weighted by molar-refractivity contribution is 9.10. The Bertz CT molecular complexity index is 1040. The predicted molar refractivity (Wildman–Crippen MR) is 123 cm³/mol. The summed E-state index contributed by atoms with van der Waals surface area (Å²) in [6.45, 7) is 9.88. The van der Waals surface area contributed by atoms with Crippen molar-refractivity contribution in [2.45, 2.75) is 47.3 Å². The molecule has 158 valence electrons. The average Bonchev–Trinajstić information content (AvgIpc) is 2.98. The maximum atomic E-state index is 12.5. The van der Waals surface area contributed by atoms with Crippen LogP contribution in [0.2, 0.25) is 0 Å². The molecule has 3 aromatic rings. The molecule has 1 amide bonds. The third-order valence-electron chi connectivity index (χ3n) is 5.05. The van der Waals surface area contributed by atoms with Gasteiger partial charge in [0.1, 0.15) is 12.4 Å². The van der Waals surface area contributed by atoms with Crippen molar-refractivity contribution in [3.8, 4) is 5.75 Å². The fourth-order valence-corrected chi connectivity index (χ4v) is 3.54. The standard InChI is InChI=1S/C24H28BrN3O2/c1-16-9-10-17(2)22(13-16)30-15-20-7-5-8-21(14-20)24(29)26-11-6-12-28-19(4)23(25)18(3)27-28/h5,7-10,13-14H,6,11-12,15H2,1-4H3,(H,26,29). The minimum Gasteiger partial charge on any atom is -0.489 e. The van der Waals surface area contributed by atoms with Crippen molar-refractivity contribution in [3.05, 3.63) is 80.6 Å². The number of hydrogen-bond acceptors (Lipinski definition) is 3. The molecule has 0 bridgehead atoms. The van der Waals surface area contributed by atoms with E-state index >= 15 is 0 Å². The van der Waals surface area contributed by atoms with Crippen LogP contribution >= 0.6 is 15.9 Å². The van der Waals surface area contributed by atoms with Crippen LogP contribution < -0.4 is 10.1 Å². The first kappa shape index (κ1) is 22.1. The van der Waals surface area contributed by atoms with Gasteiger partial charge in [0, 0.05) is 24.3 Å². The smallest absolute Gasteiger partial charge is 0.251 e. The zero-order valence-electron chi connectivity index (χ0n) is 18.0. The van der Waals surface area contributed by atoms with Crippen LogP contribution in [0.4, 0.5) is 0 Å². The molecule has 0 saturated heterocycles. The molecule has 30 heavy (non-hydrogen) atoms. The van der Waals surface area contributed by atoms with Gasteiger partial charge in [0.25, 0.3) is 5.91 Å². The van der Waals surface area contributed by atoms with Crippen LogP contribution in [0, 0.1) is 27.7 Å². The number of rotatable bonds is 8. The fourth-order valence-electron chi connectivity index (χ4n) is 3.25. The van der Waals surface area contributed by atoms with Crippen molar-refractivity contribution in [2.24, 2.45) is 0 Å². The molecule has 0 aliphatic heterocycles. The SMILES string of the molecule is Cc1ccc(C)c(OCc2cccc(C(=O)NCCCn3nc(C)c(Br)c3C)c2)c1. The van der Waals surface area contributed by atoms with E-state index in [2.05, 4.69) is 38.5 Å². The van der Waals surface area contributed by atoms with Crippen LogP contribution in [0.1, 0.15) is 44.9 Å². The number of amides is 1. The van der Waals surface area contributed by atoms with Crippen molar-refractivity contribution in [2.75, 3.05) is 6.54 Å². The first-order valence-electron chi connectivity index (χ1n) is 10.1. The zero-order valence-corrected chi connectivity index (χ0v) is 19.5. The summed E-state index contributed by atoms with van der Waals surface area (Å²) in [4.78, 5) is 12.5. The molecule has 0 unspecified atom stereocenters. The summed E-state index contributed by atoms with van der Waals surface area (Å²) in [6, 6.07) is 13.7. The van der Waals surface area contributed by atoms with E-state index < -0.39 is 0 Å². The lowest BCUT2D eigenvalue weighted by Crippen LogP contribution is -2.25. The monoisotopic (exact) mass is 469 g/mol. The Morgan fingerprint density at radius 3 is 2.67 bits per heavy atom. The van der Waals surface area contributed by atoms with Crippen molar-refractivity contribution >= 4 is 21.8 Å². The van der Waals surface area contributed by atoms with Crippen molar-refractivity contribution < 1.29 is 9.53 Å². The number of hydrogen-bond donors (Lipinski definition) is 1. The highest BCUT2D eigenvalue weighted by atomic mass is 79.9. The Balaban J connectivity index is 1.51. The Kier molecular flexibility index (Phi) is 7.32. The number of nitrogens with one attached hydrogen (secondary N) is 1. The van der Waals surface area contributed by atoms with Crippen LogP contribution in [0.25, 0.3) is 0 Å². The maximum absolute atomic E-state index is 12.5. The molecule has 5 nitrogen and oxygen atoms in total. The molecule has 1 N–H and O–H groups in total. The lowest BCUT2D eigenvalue weighted by atomic mass is 10.1. The lowest BCUT2D eigenvalue weighted by molar-refractivity contribution is 0.0952. The number of ether oxygens (including phenoxy) is 1. The summed E-state index contributed by atoms with van der Waals surface area (Å²) in [5.74, 6) is 0.804. The second kappa shape index (κ2) is 9.94. The Labute approximate surface area is 186 Å². The number of carbonyl (C=O) groups excluding carboxylic acids is 1. The molecule has 6 heteroatoms. The third kappa shape index (κ3) is 5.51. The highest BCUT2D eigenvalue weighted by Gasteiger charge is 2.10. The number of halogens is 1. The highest BCUT2D eigenvalue weighted by Crippen LogP contribution is 2.21. The van der Waals surface area contributed by atoms with Gasteiger partial charge in [-0.2, -0.15) is 5.10 Å². The first-order chi connectivity index (χ1) is 14.3. The molecular weight excluding hydrogens is 442 g/mol. The Hall–Kier alpha value is -2.60. The second-order valence-electron chi connectivity index (χ2n) is 7.58. The van der Waals surface area contributed by atoms with Crippen LogP contribution in [-0.2, 0) is 13.2 Å². The maximum Gasteiger partial charge on any atom is 0.251 e.